The Morgan fingerprint density at radius 2 is 2.10 bits per heavy atom. The summed E-state index contributed by atoms with van der Waals surface area (Å²) < 4.78 is 0. The highest BCUT2D eigenvalue weighted by molar-refractivity contribution is 6.30. The molecular formula is C14H17ClN4O. The summed E-state index contributed by atoms with van der Waals surface area (Å²) in [5.41, 5.74) is 2.09. The Kier molecular flexibility index (Phi) is 4.76. The molecule has 0 aliphatic rings. The minimum Gasteiger partial charge on any atom is -0.350 e. The molecule has 0 saturated carbocycles. The molecule has 5 nitrogen and oxygen atoms in total. The number of aromatic amines is 1. The average molecular weight is 293 g/mol. The van der Waals surface area contributed by atoms with E-state index >= 15 is 0 Å². The van der Waals surface area contributed by atoms with Crippen molar-refractivity contribution in [2.75, 3.05) is 13.6 Å². The lowest BCUT2D eigenvalue weighted by Gasteiger charge is -2.11. The number of rotatable bonds is 5. The lowest BCUT2D eigenvalue weighted by molar-refractivity contribution is 0.0951. The fraction of sp³-hybridized carbons (Fsp3) is 0.286. The highest BCUT2D eigenvalue weighted by Gasteiger charge is 2.15. The van der Waals surface area contributed by atoms with Gasteiger partial charge in [0.1, 0.15) is 0 Å². The van der Waals surface area contributed by atoms with Crippen molar-refractivity contribution in [3.05, 3.63) is 41.0 Å². The molecule has 0 saturated heterocycles. The first-order valence-corrected chi connectivity index (χ1v) is 6.74. The first-order chi connectivity index (χ1) is 9.61. The summed E-state index contributed by atoms with van der Waals surface area (Å²) in [7, 11) is 1.85. The van der Waals surface area contributed by atoms with Crippen LogP contribution < -0.4 is 10.6 Å². The van der Waals surface area contributed by atoms with Crippen LogP contribution in [0.25, 0.3) is 11.3 Å². The number of carbonyl (C=O) groups excluding carboxylic acids is 1. The van der Waals surface area contributed by atoms with Crippen molar-refractivity contribution in [2.24, 2.45) is 0 Å². The van der Waals surface area contributed by atoms with E-state index < -0.39 is 0 Å². The smallest absolute Gasteiger partial charge is 0.255 e. The van der Waals surface area contributed by atoms with E-state index in [2.05, 4.69) is 20.8 Å². The van der Waals surface area contributed by atoms with Gasteiger partial charge in [0.2, 0.25) is 0 Å². The van der Waals surface area contributed by atoms with Crippen molar-refractivity contribution >= 4 is 17.5 Å². The van der Waals surface area contributed by atoms with Crippen molar-refractivity contribution < 1.29 is 4.79 Å². The molecule has 1 heterocycles. The summed E-state index contributed by atoms with van der Waals surface area (Å²) in [6.45, 7) is 2.55. The van der Waals surface area contributed by atoms with Crippen molar-refractivity contribution in [3.8, 4) is 11.3 Å². The first kappa shape index (κ1) is 14.6. The molecule has 0 aliphatic carbocycles. The van der Waals surface area contributed by atoms with E-state index in [4.69, 9.17) is 11.6 Å². The van der Waals surface area contributed by atoms with Gasteiger partial charge in [0.05, 0.1) is 17.5 Å². The number of nitrogens with zero attached hydrogens (tertiary/aromatic N) is 1. The van der Waals surface area contributed by atoms with E-state index in [-0.39, 0.29) is 11.9 Å². The molecule has 0 spiro atoms. The van der Waals surface area contributed by atoms with Crippen LogP contribution in [0.5, 0.6) is 0 Å². The highest BCUT2D eigenvalue weighted by atomic mass is 35.5. The molecular weight excluding hydrogens is 276 g/mol. The number of aromatic nitrogens is 2. The molecule has 106 valence electrons. The molecule has 1 atom stereocenters. The molecule has 0 radical (unpaired) electrons. The molecule has 1 aromatic carbocycles. The van der Waals surface area contributed by atoms with E-state index in [1.807, 2.05) is 26.1 Å². The van der Waals surface area contributed by atoms with Gasteiger partial charge in [0.15, 0.2) is 0 Å². The van der Waals surface area contributed by atoms with E-state index in [9.17, 15) is 4.79 Å². The number of hydrogen-bond donors (Lipinski definition) is 3. The van der Waals surface area contributed by atoms with Gasteiger partial charge in [0.25, 0.3) is 5.91 Å². The molecule has 1 aromatic heterocycles. The maximum Gasteiger partial charge on any atom is 0.255 e. The number of benzene rings is 1. The third-order valence-electron chi connectivity index (χ3n) is 3.08. The Morgan fingerprint density at radius 3 is 2.75 bits per heavy atom. The van der Waals surface area contributed by atoms with Crippen LogP contribution in [0.1, 0.15) is 17.3 Å². The Bertz CT molecular complexity index is 579. The van der Waals surface area contributed by atoms with Crippen molar-refractivity contribution in [1.82, 2.24) is 20.8 Å². The van der Waals surface area contributed by atoms with Crippen molar-refractivity contribution in [1.29, 1.82) is 0 Å². The third-order valence-corrected chi connectivity index (χ3v) is 3.33. The molecule has 20 heavy (non-hydrogen) atoms. The Balaban J connectivity index is 2.16. The molecule has 2 aromatic rings. The van der Waals surface area contributed by atoms with Gasteiger partial charge >= 0.3 is 0 Å². The number of nitrogens with one attached hydrogen (secondary N) is 3. The fourth-order valence-corrected chi connectivity index (χ4v) is 1.86. The van der Waals surface area contributed by atoms with Crippen LogP contribution in [0.15, 0.2) is 30.5 Å². The first-order valence-electron chi connectivity index (χ1n) is 6.36. The van der Waals surface area contributed by atoms with E-state index in [1.165, 1.54) is 6.20 Å². The number of halogens is 1. The van der Waals surface area contributed by atoms with Gasteiger partial charge in [-0.1, -0.05) is 23.7 Å². The van der Waals surface area contributed by atoms with Crippen LogP contribution >= 0.6 is 11.6 Å². The normalized spacial score (nSPS) is 12.2. The van der Waals surface area contributed by atoms with Gasteiger partial charge in [-0.2, -0.15) is 5.10 Å². The van der Waals surface area contributed by atoms with E-state index in [1.54, 1.807) is 12.1 Å². The molecule has 0 bridgehead atoms. The Labute approximate surface area is 122 Å². The highest BCUT2D eigenvalue weighted by Crippen LogP contribution is 2.22. The molecule has 6 heteroatoms. The summed E-state index contributed by atoms with van der Waals surface area (Å²) in [5.74, 6) is -0.147. The average Bonchev–Trinajstić information content (AvgIpc) is 2.94. The quantitative estimate of drug-likeness (QED) is 0.790. The van der Waals surface area contributed by atoms with E-state index in [0.29, 0.717) is 22.8 Å². The van der Waals surface area contributed by atoms with Crippen LogP contribution in [0.4, 0.5) is 0 Å². The monoisotopic (exact) mass is 292 g/mol. The minimum absolute atomic E-state index is 0.147. The van der Waals surface area contributed by atoms with Crippen LogP contribution in [-0.4, -0.2) is 35.7 Å². The number of likely N-dealkylation sites (N-methyl/N-ethyl adjacent to an activating group) is 1. The summed E-state index contributed by atoms with van der Waals surface area (Å²) >= 11 is 5.86. The Morgan fingerprint density at radius 1 is 1.40 bits per heavy atom. The fourth-order valence-electron chi connectivity index (χ4n) is 1.74. The van der Waals surface area contributed by atoms with Gasteiger partial charge < -0.3 is 10.6 Å². The second kappa shape index (κ2) is 6.54. The zero-order chi connectivity index (χ0) is 14.5. The Hall–Kier alpha value is -1.85. The maximum absolute atomic E-state index is 12.2. The third kappa shape index (κ3) is 3.37. The van der Waals surface area contributed by atoms with Gasteiger partial charge in [-0.25, -0.2) is 0 Å². The SMILES string of the molecule is CNC(C)CNC(=O)c1cn[nH]c1-c1ccc(Cl)cc1. The lowest BCUT2D eigenvalue weighted by atomic mass is 10.1. The van der Waals surface area contributed by atoms with Gasteiger partial charge in [-0.05, 0) is 26.1 Å². The number of amides is 1. The second-order valence-corrected chi connectivity index (χ2v) is 5.00. The number of hydrogen-bond acceptors (Lipinski definition) is 3. The zero-order valence-corrected chi connectivity index (χ0v) is 12.2. The van der Waals surface area contributed by atoms with Crippen LogP contribution in [0.3, 0.4) is 0 Å². The summed E-state index contributed by atoms with van der Waals surface area (Å²) in [5, 5.41) is 13.4. The maximum atomic E-state index is 12.2. The van der Waals surface area contributed by atoms with E-state index in [0.717, 1.165) is 5.56 Å². The summed E-state index contributed by atoms with van der Waals surface area (Å²) in [6.07, 6.45) is 1.53. The predicted octanol–water partition coefficient (Wildman–Crippen LogP) is 2.07. The van der Waals surface area contributed by atoms with Gasteiger partial charge in [-0.3, -0.25) is 9.89 Å². The van der Waals surface area contributed by atoms with Crippen LogP contribution in [0, 0.1) is 0 Å². The van der Waals surface area contributed by atoms with Crippen LogP contribution in [0.2, 0.25) is 5.02 Å². The topological polar surface area (TPSA) is 69.8 Å². The lowest BCUT2D eigenvalue weighted by Crippen LogP contribution is -2.37. The van der Waals surface area contributed by atoms with Gasteiger partial charge in [0, 0.05) is 23.2 Å². The molecule has 1 amide bonds. The van der Waals surface area contributed by atoms with Crippen molar-refractivity contribution in [2.45, 2.75) is 13.0 Å². The molecule has 1 unspecified atom stereocenters. The molecule has 0 fully saturated rings. The molecule has 3 N–H and O–H groups in total. The molecule has 2 rings (SSSR count). The largest absolute Gasteiger partial charge is 0.350 e. The van der Waals surface area contributed by atoms with Gasteiger partial charge in [-0.15, -0.1) is 0 Å². The van der Waals surface area contributed by atoms with Crippen LogP contribution in [-0.2, 0) is 0 Å². The second-order valence-electron chi connectivity index (χ2n) is 4.57. The standard InChI is InChI=1S/C14H17ClN4O/c1-9(16-2)7-17-14(20)12-8-18-19-13(12)10-3-5-11(15)6-4-10/h3-6,8-9,16H,7H2,1-2H3,(H,17,20)(H,18,19). The number of H-pyrrole nitrogens is 1. The van der Waals surface area contributed by atoms with Crippen molar-refractivity contribution in [3.63, 3.8) is 0 Å². The number of carbonyl (C=O) groups is 1. The summed E-state index contributed by atoms with van der Waals surface area (Å²) in [4.78, 5) is 12.2. The summed E-state index contributed by atoms with van der Waals surface area (Å²) in [6, 6.07) is 7.47. The predicted molar refractivity (Wildman–Crippen MR) is 79.9 cm³/mol. The zero-order valence-electron chi connectivity index (χ0n) is 11.4. The molecule has 0 aliphatic heterocycles. The minimum atomic E-state index is -0.147.